The molecule has 1 aromatic rings. The van der Waals surface area contributed by atoms with Crippen LogP contribution in [0.15, 0.2) is 30.3 Å². The van der Waals surface area contributed by atoms with Crippen LogP contribution in [0.5, 0.6) is 0 Å². The van der Waals surface area contributed by atoms with Gasteiger partial charge in [-0.1, -0.05) is 57.0 Å². The van der Waals surface area contributed by atoms with Gasteiger partial charge in [0.2, 0.25) is 0 Å². The average molecular weight is 400 g/mol. The SMILES string of the molecule is CCCC(CCC)C(CCC(O)c1ccccc1)(CCS(=O)(=O)O)N(C)C. The van der Waals surface area contributed by atoms with Gasteiger partial charge in [-0.15, -0.1) is 0 Å². The average Bonchev–Trinajstić information content (AvgIpc) is 2.61. The molecule has 0 heterocycles. The summed E-state index contributed by atoms with van der Waals surface area (Å²) in [6.07, 6.45) is 5.05. The zero-order valence-electron chi connectivity index (χ0n) is 17.3. The maximum Gasteiger partial charge on any atom is 0.264 e. The lowest BCUT2D eigenvalue weighted by Crippen LogP contribution is -2.51. The normalized spacial score (nSPS) is 15.9. The lowest BCUT2D eigenvalue weighted by Gasteiger charge is -2.47. The monoisotopic (exact) mass is 399 g/mol. The van der Waals surface area contributed by atoms with Crippen molar-refractivity contribution in [2.75, 3.05) is 19.8 Å². The fraction of sp³-hybridized carbons (Fsp3) is 0.714. The highest BCUT2D eigenvalue weighted by Gasteiger charge is 2.40. The molecule has 6 heteroatoms. The van der Waals surface area contributed by atoms with Crippen LogP contribution in [0.3, 0.4) is 0 Å². The lowest BCUT2D eigenvalue weighted by atomic mass is 9.72. The molecule has 156 valence electrons. The van der Waals surface area contributed by atoms with E-state index >= 15 is 0 Å². The molecule has 1 rings (SSSR count). The van der Waals surface area contributed by atoms with Crippen molar-refractivity contribution in [2.45, 2.75) is 70.4 Å². The summed E-state index contributed by atoms with van der Waals surface area (Å²) in [5.41, 5.74) is 0.500. The molecule has 0 fully saturated rings. The molecule has 0 saturated carbocycles. The van der Waals surface area contributed by atoms with E-state index in [2.05, 4.69) is 18.7 Å². The van der Waals surface area contributed by atoms with E-state index in [1.807, 2.05) is 44.4 Å². The molecule has 0 amide bonds. The molecule has 2 N–H and O–H groups in total. The predicted molar refractivity (Wildman–Crippen MR) is 111 cm³/mol. The van der Waals surface area contributed by atoms with Gasteiger partial charge in [-0.3, -0.25) is 4.55 Å². The number of hydrogen-bond donors (Lipinski definition) is 2. The van der Waals surface area contributed by atoms with Gasteiger partial charge in [0.25, 0.3) is 10.1 Å². The Morgan fingerprint density at radius 3 is 2.00 bits per heavy atom. The van der Waals surface area contributed by atoms with E-state index in [0.29, 0.717) is 25.2 Å². The van der Waals surface area contributed by atoms with E-state index in [-0.39, 0.29) is 11.3 Å². The fourth-order valence-electron chi connectivity index (χ4n) is 4.26. The first-order chi connectivity index (χ1) is 12.7. The van der Waals surface area contributed by atoms with Crippen LogP contribution in [-0.4, -0.2) is 48.4 Å². The smallest absolute Gasteiger partial charge is 0.264 e. The first-order valence-corrected chi connectivity index (χ1v) is 11.6. The molecule has 5 nitrogen and oxygen atoms in total. The Hall–Kier alpha value is -0.950. The first kappa shape index (κ1) is 24.1. The number of rotatable bonds is 13. The van der Waals surface area contributed by atoms with Gasteiger partial charge in [-0.05, 0) is 57.7 Å². The van der Waals surface area contributed by atoms with Crippen molar-refractivity contribution >= 4 is 10.1 Å². The number of hydrogen-bond acceptors (Lipinski definition) is 4. The van der Waals surface area contributed by atoms with Crippen molar-refractivity contribution in [1.29, 1.82) is 0 Å². The molecular weight excluding hydrogens is 362 g/mol. The van der Waals surface area contributed by atoms with Gasteiger partial charge in [0.1, 0.15) is 0 Å². The van der Waals surface area contributed by atoms with Crippen molar-refractivity contribution in [3.05, 3.63) is 35.9 Å². The second-order valence-electron chi connectivity index (χ2n) is 7.77. The summed E-state index contributed by atoms with van der Waals surface area (Å²) >= 11 is 0. The molecular formula is C21H37NO4S. The van der Waals surface area contributed by atoms with Crippen LogP contribution in [-0.2, 0) is 10.1 Å². The Kier molecular flexibility index (Phi) is 9.95. The Labute approximate surface area is 165 Å². The topological polar surface area (TPSA) is 77.8 Å². The van der Waals surface area contributed by atoms with Crippen molar-refractivity contribution < 1.29 is 18.1 Å². The highest BCUT2D eigenvalue weighted by atomic mass is 32.2. The number of aliphatic hydroxyl groups excluding tert-OH is 1. The van der Waals surface area contributed by atoms with E-state index in [1.165, 1.54) is 0 Å². The van der Waals surface area contributed by atoms with E-state index in [4.69, 9.17) is 0 Å². The van der Waals surface area contributed by atoms with Crippen molar-refractivity contribution in [2.24, 2.45) is 5.92 Å². The quantitative estimate of drug-likeness (QED) is 0.484. The summed E-state index contributed by atoms with van der Waals surface area (Å²) in [5, 5.41) is 10.6. The minimum atomic E-state index is -4.03. The van der Waals surface area contributed by atoms with Crippen molar-refractivity contribution in [1.82, 2.24) is 4.90 Å². The van der Waals surface area contributed by atoms with Gasteiger partial charge < -0.3 is 10.0 Å². The van der Waals surface area contributed by atoms with E-state index in [0.717, 1.165) is 31.2 Å². The van der Waals surface area contributed by atoms with Crippen molar-refractivity contribution in [3.8, 4) is 0 Å². The van der Waals surface area contributed by atoms with E-state index in [1.54, 1.807) is 0 Å². The minimum absolute atomic E-state index is 0.253. The third kappa shape index (κ3) is 7.53. The molecule has 0 saturated heterocycles. The second-order valence-corrected chi connectivity index (χ2v) is 9.35. The lowest BCUT2D eigenvalue weighted by molar-refractivity contribution is 0.0337. The maximum atomic E-state index is 11.5. The molecule has 0 aliphatic carbocycles. The Bertz CT molecular complexity index is 627. The Balaban J connectivity index is 3.11. The third-order valence-corrected chi connectivity index (χ3v) is 6.47. The highest BCUT2D eigenvalue weighted by Crippen LogP contribution is 2.39. The summed E-state index contributed by atoms with van der Waals surface area (Å²) in [6.45, 7) is 4.29. The molecule has 0 spiro atoms. The molecule has 0 radical (unpaired) electrons. The van der Waals surface area contributed by atoms with Crippen LogP contribution in [0.4, 0.5) is 0 Å². The Morgan fingerprint density at radius 1 is 1.00 bits per heavy atom. The number of benzene rings is 1. The van der Waals surface area contributed by atoms with Gasteiger partial charge >= 0.3 is 0 Å². The molecule has 27 heavy (non-hydrogen) atoms. The molecule has 1 aromatic carbocycles. The van der Waals surface area contributed by atoms with E-state index < -0.39 is 16.2 Å². The summed E-state index contributed by atoms with van der Waals surface area (Å²) in [7, 11) is -0.0674. The van der Waals surface area contributed by atoms with Crippen LogP contribution < -0.4 is 0 Å². The highest BCUT2D eigenvalue weighted by molar-refractivity contribution is 7.85. The van der Waals surface area contributed by atoms with Crippen LogP contribution >= 0.6 is 0 Å². The fourth-order valence-corrected chi connectivity index (χ4v) is 4.87. The zero-order chi connectivity index (χ0) is 20.5. The first-order valence-electron chi connectivity index (χ1n) is 10.0. The molecule has 0 aliphatic rings. The van der Waals surface area contributed by atoms with Crippen LogP contribution in [0, 0.1) is 5.92 Å². The van der Waals surface area contributed by atoms with Gasteiger partial charge in [-0.2, -0.15) is 8.42 Å². The molecule has 0 aromatic heterocycles. The number of aliphatic hydroxyl groups is 1. The van der Waals surface area contributed by atoms with Crippen LogP contribution in [0.25, 0.3) is 0 Å². The van der Waals surface area contributed by atoms with Crippen LogP contribution in [0.1, 0.15) is 70.5 Å². The standard InChI is InChI=1S/C21H37NO4S/c1-5-10-19(11-6-2)21(22(3)4,16-17-27(24,25)26)15-14-20(23)18-12-8-7-9-13-18/h7-9,12-13,19-20,23H,5-6,10-11,14-17H2,1-4H3,(H,24,25,26). The third-order valence-electron chi connectivity index (χ3n) is 5.75. The molecule has 2 atom stereocenters. The summed E-state index contributed by atoms with van der Waals surface area (Å²) < 4.78 is 32.3. The van der Waals surface area contributed by atoms with Gasteiger partial charge in [-0.25, -0.2) is 0 Å². The summed E-state index contributed by atoms with van der Waals surface area (Å²) in [4.78, 5) is 2.12. The molecule has 0 aliphatic heterocycles. The minimum Gasteiger partial charge on any atom is -0.388 e. The summed E-state index contributed by atoms with van der Waals surface area (Å²) in [6, 6.07) is 9.57. The van der Waals surface area contributed by atoms with E-state index in [9.17, 15) is 18.1 Å². The largest absolute Gasteiger partial charge is 0.388 e. The Morgan fingerprint density at radius 2 is 1.56 bits per heavy atom. The van der Waals surface area contributed by atoms with Gasteiger partial charge in [0.05, 0.1) is 11.9 Å². The maximum absolute atomic E-state index is 11.5. The second kappa shape index (κ2) is 11.1. The van der Waals surface area contributed by atoms with Gasteiger partial charge in [0.15, 0.2) is 0 Å². The molecule has 2 unspecified atom stereocenters. The van der Waals surface area contributed by atoms with Gasteiger partial charge in [0, 0.05) is 5.54 Å². The zero-order valence-corrected chi connectivity index (χ0v) is 18.1. The predicted octanol–water partition coefficient (Wildman–Crippen LogP) is 4.29. The summed E-state index contributed by atoms with van der Waals surface area (Å²) in [5.74, 6) is 0.0588. The van der Waals surface area contributed by atoms with Crippen LogP contribution in [0.2, 0.25) is 0 Å². The van der Waals surface area contributed by atoms with Crippen molar-refractivity contribution in [3.63, 3.8) is 0 Å². The molecule has 0 bridgehead atoms. The number of nitrogens with zero attached hydrogens (tertiary/aromatic N) is 1.